The van der Waals surface area contributed by atoms with Crippen molar-refractivity contribution in [3.05, 3.63) is 24.5 Å². The van der Waals surface area contributed by atoms with Crippen molar-refractivity contribution in [1.29, 1.82) is 0 Å². The second kappa shape index (κ2) is 8.45. The van der Waals surface area contributed by atoms with Gasteiger partial charge in [0, 0.05) is 8.07 Å². The van der Waals surface area contributed by atoms with Gasteiger partial charge in [-0.3, -0.25) is 0 Å². The van der Waals surface area contributed by atoms with Crippen molar-refractivity contribution in [1.82, 2.24) is 4.98 Å². The molecule has 0 fully saturated rings. The summed E-state index contributed by atoms with van der Waals surface area (Å²) in [5.41, 5.74) is 0. The molecule has 0 aliphatic heterocycles. The van der Waals surface area contributed by atoms with Gasteiger partial charge in [0.15, 0.2) is 0 Å². The summed E-state index contributed by atoms with van der Waals surface area (Å²) < 4.78 is 19.6. The molecule has 0 aliphatic rings. The van der Waals surface area contributed by atoms with Crippen LogP contribution in [0.15, 0.2) is 18.3 Å². The third-order valence-electron chi connectivity index (χ3n) is 1.49. The van der Waals surface area contributed by atoms with E-state index in [9.17, 15) is 6.63 Å². The second-order valence-corrected chi connectivity index (χ2v) is 9.03. The van der Waals surface area contributed by atoms with Gasteiger partial charge in [-0.2, -0.15) is 17.3 Å². The summed E-state index contributed by atoms with van der Waals surface area (Å²) in [4.78, 5) is 3.86. The molecule has 1 aromatic rings. The Kier molecular flexibility index (Phi) is 10.00. The van der Waals surface area contributed by atoms with E-state index < -0.39 is 26.2 Å². The standard InChI is InChI=1S/C8H12NSi.ClH.2FH.Zn/c1-10(2,3)8-4-6-9-7-5-8;;;;/h4-6H,1-3H3;3*1H;/q-1;;;;+2/p-2. The van der Waals surface area contributed by atoms with Crippen molar-refractivity contribution in [2.45, 2.75) is 19.6 Å². The van der Waals surface area contributed by atoms with Gasteiger partial charge in [0.05, 0.1) is 0 Å². The predicted molar refractivity (Wildman–Crippen MR) is 55.5 cm³/mol. The molecule has 1 aromatic heterocycles. The zero-order valence-electron chi connectivity index (χ0n) is 8.55. The number of pyridine rings is 1. The first kappa shape index (κ1) is 16.6. The first-order valence-corrected chi connectivity index (χ1v) is 9.71. The van der Waals surface area contributed by atoms with E-state index >= 15 is 0 Å². The molecule has 0 saturated carbocycles. The van der Waals surface area contributed by atoms with Gasteiger partial charge in [-0.05, 0) is 0 Å². The molecule has 1 heterocycles. The van der Waals surface area contributed by atoms with Gasteiger partial charge in [-0.1, -0.05) is 32.0 Å². The van der Waals surface area contributed by atoms with Crippen LogP contribution in [0, 0.1) is 6.20 Å². The molecule has 1 rings (SSSR count). The van der Waals surface area contributed by atoms with E-state index in [0.717, 1.165) is 0 Å². The van der Waals surface area contributed by atoms with Gasteiger partial charge in [0.2, 0.25) is 0 Å². The van der Waals surface area contributed by atoms with E-state index in [-0.39, 0.29) is 12.4 Å². The molecule has 0 atom stereocenters. The molecule has 0 aliphatic carbocycles. The summed E-state index contributed by atoms with van der Waals surface area (Å²) in [5.74, 6) is 0. The van der Waals surface area contributed by atoms with Crippen molar-refractivity contribution in [2.75, 3.05) is 0 Å². The molecule has 78 valence electrons. The topological polar surface area (TPSA) is 12.9 Å². The molecule has 1 nitrogen and oxygen atoms in total. The fourth-order valence-electron chi connectivity index (χ4n) is 0.782. The summed E-state index contributed by atoms with van der Waals surface area (Å²) >= 11 is -2.88. The van der Waals surface area contributed by atoms with Crippen molar-refractivity contribution < 1.29 is 24.8 Å². The zero-order chi connectivity index (χ0) is 10.3. The summed E-state index contributed by atoms with van der Waals surface area (Å²) in [5, 5.41) is 1.42. The molecule has 14 heavy (non-hydrogen) atoms. The van der Waals surface area contributed by atoms with Gasteiger partial charge in [0.1, 0.15) is 0 Å². The Bertz CT molecular complexity index is 231. The molecule has 0 unspecified atom stereocenters. The Morgan fingerprint density at radius 3 is 2.07 bits per heavy atom. The SMILES string of the molecule is C[Si](C)(C)c1c[c-]ncc1.Cl.[F][Zn][F]. The minimum atomic E-state index is -2.88. The molecular formula is C8H13ClF2NSiZn-. The Morgan fingerprint density at radius 1 is 1.36 bits per heavy atom. The van der Waals surface area contributed by atoms with Crippen LogP contribution < -0.4 is 5.19 Å². The van der Waals surface area contributed by atoms with Crippen molar-refractivity contribution >= 4 is 25.7 Å². The van der Waals surface area contributed by atoms with E-state index in [1.54, 1.807) is 0 Å². The fourth-order valence-corrected chi connectivity index (χ4v) is 1.85. The van der Waals surface area contributed by atoms with Crippen molar-refractivity contribution in [2.24, 2.45) is 0 Å². The maximum absolute atomic E-state index is 9.81. The molecule has 0 N–H and O–H groups in total. The van der Waals surface area contributed by atoms with Crippen LogP contribution >= 0.6 is 12.4 Å². The maximum atomic E-state index is 9.81. The monoisotopic (exact) mass is 288 g/mol. The van der Waals surface area contributed by atoms with Gasteiger partial charge in [-0.25, -0.2) is 0 Å². The van der Waals surface area contributed by atoms with E-state index in [1.165, 1.54) is 5.19 Å². The average Bonchev–Trinajstić information content (AvgIpc) is 2.06. The Morgan fingerprint density at radius 2 is 1.86 bits per heavy atom. The van der Waals surface area contributed by atoms with Crippen LogP contribution in [-0.4, -0.2) is 13.1 Å². The van der Waals surface area contributed by atoms with Crippen LogP contribution in [0.1, 0.15) is 0 Å². The van der Waals surface area contributed by atoms with E-state index in [1.807, 2.05) is 12.3 Å². The summed E-state index contributed by atoms with van der Waals surface area (Å²) in [6.07, 6.45) is 4.67. The third kappa shape index (κ3) is 7.54. The van der Waals surface area contributed by atoms with Crippen molar-refractivity contribution in [3.8, 4) is 0 Å². The molecule has 0 spiro atoms. The number of hydrogen-bond donors (Lipinski definition) is 0. The Hall–Kier alpha value is 0.140. The summed E-state index contributed by atoms with van der Waals surface area (Å²) in [6.45, 7) is 6.95. The van der Waals surface area contributed by atoms with Gasteiger partial charge >= 0.3 is 24.8 Å². The van der Waals surface area contributed by atoms with Crippen molar-refractivity contribution in [3.63, 3.8) is 0 Å². The molecular weight excluding hydrogens is 277 g/mol. The van der Waals surface area contributed by atoms with E-state index in [2.05, 4.69) is 36.9 Å². The Balaban J connectivity index is 0. The first-order valence-electron chi connectivity index (χ1n) is 3.97. The fraction of sp³-hybridized carbons (Fsp3) is 0.375. The van der Waals surface area contributed by atoms with Crippen LogP contribution in [0.2, 0.25) is 19.6 Å². The number of rotatable bonds is 1. The third-order valence-corrected chi connectivity index (χ3v) is 3.53. The minimum absolute atomic E-state index is 0. The number of nitrogens with zero attached hydrogens (tertiary/aromatic N) is 1. The number of hydrogen-bond acceptors (Lipinski definition) is 1. The molecule has 6 heteroatoms. The zero-order valence-corrected chi connectivity index (χ0v) is 13.3. The average molecular weight is 290 g/mol. The quantitative estimate of drug-likeness (QED) is 0.572. The Labute approximate surface area is 99.5 Å². The summed E-state index contributed by atoms with van der Waals surface area (Å²) in [7, 11) is -1.10. The molecule has 0 bridgehead atoms. The molecule has 0 radical (unpaired) electrons. The second-order valence-electron chi connectivity index (χ2n) is 3.52. The van der Waals surface area contributed by atoms with Crippen LogP contribution in [0.4, 0.5) is 6.63 Å². The normalized spacial score (nSPS) is 8.93. The number of aromatic nitrogens is 1. The first-order chi connectivity index (χ1) is 6.02. The molecule has 0 amide bonds. The van der Waals surface area contributed by atoms with Crippen LogP contribution in [0.3, 0.4) is 0 Å². The van der Waals surface area contributed by atoms with Crippen LogP contribution in [0.5, 0.6) is 0 Å². The molecule has 0 aromatic carbocycles. The van der Waals surface area contributed by atoms with Gasteiger partial charge in [0.25, 0.3) is 0 Å². The van der Waals surface area contributed by atoms with Gasteiger partial charge in [-0.15, -0.1) is 12.4 Å². The molecule has 0 saturated heterocycles. The summed E-state index contributed by atoms with van der Waals surface area (Å²) in [6, 6.07) is 4.08. The van der Waals surface area contributed by atoms with E-state index in [0.29, 0.717) is 0 Å². The van der Waals surface area contributed by atoms with E-state index in [4.69, 9.17) is 0 Å². The predicted octanol–water partition coefficient (Wildman–Crippen LogP) is 2.69. The van der Waals surface area contributed by atoms with Crippen LogP contribution in [0.25, 0.3) is 0 Å². The van der Waals surface area contributed by atoms with Crippen LogP contribution in [-0.2, 0) is 18.1 Å². The number of halogens is 3. The van der Waals surface area contributed by atoms with Gasteiger partial charge < -0.3 is 4.98 Å².